The van der Waals surface area contributed by atoms with Gasteiger partial charge in [-0.05, 0) is 63.1 Å². The maximum atomic E-state index is 9.48. The fourth-order valence-corrected chi connectivity index (χ4v) is 3.28. The second kappa shape index (κ2) is 12.7. The molecule has 6 heteroatoms. The third-order valence-electron chi connectivity index (χ3n) is 5.16. The zero-order chi connectivity index (χ0) is 23.3. The maximum Gasteiger partial charge on any atom is 0.176 e. The maximum absolute atomic E-state index is 9.48. The van der Waals surface area contributed by atoms with Crippen LogP contribution in [0.2, 0.25) is 0 Å². The monoisotopic (exact) mass is 426 g/mol. The summed E-state index contributed by atoms with van der Waals surface area (Å²) >= 11 is 0. The van der Waals surface area contributed by atoms with Crippen LogP contribution in [0.1, 0.15) is 38.8 Å². The molecule has 32 heavy (non-hydrogen) atoms. The largest absolute Gasteiger partial charge is 0.372 e. The molecule has 2 rings (SSSR count). The number of nitriles is 2. The number of anilines is 2. The number of aliphatic imine (C=N–C) groups is 2. The normalized spacial score (nSPS) is 11.8. The summed E-state index contributed by atoms with van der Waals surface area (Å²) in [7, 11) is 0. The molecule has 0 fully saturated rings. The summed E-state index contributed by atoms with van der Waals surface area (Å²) in [5.74, 6) is 0. The van der Waals surface area contributed by atoms with E-state index in [1.54, 1.807) is 12.4 Å². The van der Waals surface area contributed by atoms with Crippen LogP contribution in [0.25, 0.3) is 0 Å². The molecule has 0 amide bonds. The van der Waals surface area contributed by atoms with Crippen molar-refractivity contribution in [3.63, 3.8) is 0 Å². The molecule has 0 bridgehead atoms. The van der Waals surface area contributed by atoms with Gasteiger partial charge in [-0.25, -0.2) is 9.98 Å². The Labute approximate surface area is 191 Å². The zero-order valence-electron chi connectivity index (χ0n) is 19.3. The van der Waals surface area contributed by atoms with Gasteiger partial charge in [-0.1, -0.05) is 24.3 Å². The van der Waals surface area contributed by atoms with E-state index in [4.69, 9.17) is 0 Å². The van der Waals surface area contributed by atoms with Gasteiger partial charge in [0.1, 0.15) is 12.1 Å². The van der Waals surface area contributed by atoms with Crippen LogP contribution in [0.3, 0.4) is 0 Å². The van der Waals surface area contributed by atoms with Gasteiger partial charge in [-0.2, -0.15) is 10.5 Å². The highest BCUT2D eigenvalue weighted by molar-refractivity contribution is 5.83. The topological polar surface area (TPSA) is 78.8 Å². The predicted octanol–water partition coefficient (Wildman–Crippen LogP) is 5.18. The molecule has 164 valence electrons. The molecule has 0 unspecified atom stereocenters. The summed E-state index contributed by atoms with van der Waals surface area (Å²) in [6.07, 6.45) is 3.16. The van der Waals surface area contributed by atoms with Gasteiger partial charge in [0, 0.05) is 50.0 Å². The first-order valence-electron chi connectivity index (χ1n) is 10.9. The van der Waals surface area contributed by atoms with E-state index in [1.807, 2.05) is 60.7 Å². The van der Waals surface area contributed by atoms with Crippen molar-refractivity contribution in [1.29, 1.82) is 10.5 Å². The third kappa shape index (κ3) is 6.55. The number of allylic oxidation sites excluding steroid dienone is 2. The molecule has 6 nitrogen and oxygen atoms in total. The second-order valence-electron chi connectivity index (χ2n) is 6.96. The van der Waals surface area contributed by atoms with Gasteiger partial charge in [0.15, 0.2) is 11.4 Å². The van der Waals surface area contributed by atoms with Gasteiger partial charge >= 0.3 is 0 Å². The van der Waals surface area contributed by atoms with Crippen molar-refractivity contribution < 1.29 is 0 Å². The van der Waals surface area contributed by atoms with Gasteiger partial charge < -0.3 is 9.80 Å². The summed E-state index contributed by atoms with van der Waals surface area (Å²) in [6, 6.07) is 19.8. The summed E-state index contributed by atoms with van der Waals surface area (Å²) in [6.45, 7) is 12.2. The third-order valence-corrected chi connectivity index (χ3v) is 5.16. The van der Waals surface area contributed by atoms with E-state index >= 15 is 0 Å². The highest BCUT2D eigenvalue weighted by atomic mass is 15.1. The summed E-state index contributed by atoms with van der Waals surface area (Å²) in [5.41, 5.74) is 3.94. The van der Waals surface area contributed by atoms with Crippen molar-refractivity contribution in [3.8, 4) is 12.1 Å². The van der Waals surface area contributed by atoms with Gasteiger partial charge in [0.2, 0.25) is 0 Å². The molecule has 0 saturated carbocycles. The van der Waals surface area contributed by atoms with E-state index in [9.17, 15) is 10.5 Å². The van der Waals surface area contributed by atoms with Crippen molar-refractivity contribution in [2.45, 2.75) is 27.7 Å². The lowest BCUT2D eigenvalue weighted by Crippen LogP contribution is -2.21. The van der Waals surface area contributed by atoms with Gasteiger partial charge in [0.25, 0.3) is 0 Å². The molecular weight excluding hydrogens is 396 g/mol. The Morgan fingerprint density at radius 3 is 1.22 bits per heavy atom. The Kier molecular flexibility index (Phi) is 9.69. The molecule has 0 atom stereocenters. The van der Waals surface area contributed by atoms with Crippen LogP contribution in [0.4, 0.5) is 11.4 Å². The lowest BCUT2D eigenvalue weighted by Gasteiger charge is -2.20. The smallest absolute Gasteiger partial charge is 0.176 e. The predicted molar refractivity (Wildman–Crippen MR) is 133 cm³/mol. The fourth-order valence-electron chi connectivity index (χ4n) is 3.28. The van der Waals surface area contributed by atoms with E-state index in [1.165, 1.54) is 0 Å². The Bertz CT molecular complexity index is 940. The molecule has 0 spiro atoms. The number of nitrogens with zero attached hydrogens (tertiary/aromatic N) is 6. The molecule has 0 aromatic heterocycles. The minimum atomic E-state index is -0.0173. The molecule has 0 radical (unpaired) electrons. The van der Waals surface area contributed by atoms with Crippen molar-refractivity contribution >= 4 is 23.8 Å². The fraction of sp³-hybridized carbons (Fsp3) is 0.308. The first-order valence-corrected chi connectivity index (χ1v) is 10.9. The van der Waals surface area contributed by atoms with Crippen molar-refractivity contribution in [1.82, 2.24) is 0 Å². The highest BCUT2D eigenvalue weighted by Crippen LogP contribution is 2.16. The van der Waals surface area contributed by atoms with E-state index in [2.05, 4.69) is 47.5 Å². The van der Waals surface area contributed by atoms with E-state index in [0.717, 1.165) is 48.7 Å². The van der Waals surface area contributed by atoms with E-state index < -0.39 is 0 Å². The van der Waals surface area contributed by atoms with Crippen LogP contribution < -0.4 is 9.80 Å². The molecule has 2 aromatic carbocycles. The lowest BCUT2D eigenvalue weighted by molar-refractivity contribution is 0.866. The van der Waals surface area contributed by atoms with E-state index in [-0.39, 0.29) is 11.4 Å². The molecule has 0 heterocycles. The Hall–Kier alpha value is -3.90. The Morgan fingerprint density at radius 2 is 0.969 bits per heavy atom. The van der Waals surface area contributed by atoms with Crippen LogP contribution in [-0.4, -0.2) is 38.6 Å². The van der Waals surface area contributed by atoms with Crippen LogP contribution >= 0.6 is 0 Å². The average molecular weight is 427 g/mol. The molecule has 0 aliphatic rings. The van der Waals surface area contributed by atoms with Crippen molar-refractivity contribution in [3.05, 3.63) is 71.1 Å². The van der Waals surface area contributed by atoms with Crippen molar-refractivity contribution in [2.24, 2.45) is 9.98 Å². The number of hydrogen-bond acceptors (Lipinski definition) is 6. The van der Waals surface area contributed by atoms with Crippen LogP contribution in [0.15, 0.2) is 69.9 Å². The van der Waals surface area contributed by atoms with Gasteiger partial charge in [0.05, 0.1) is 0 Å². The van der Waals surface area contributed by atoms with E-state index in [0.29, 0.717) is 0 Å². The SMILES string of the molecule is CCN(CC)c1ccc(C=N/C(C#N)=C(/C#N)N=Cc2ccc(N(CC)CC)cc2)cc1. The van der Waals surface area contributed by atoms with Crippen LogP contribution in [0.5, 0.6) is 0 Å². The zero-order valence-corrected chi connectivity index (χ0v) is 19.3. The summed E-state index contributed by atoms with van der Waals surface area (Å²) in [5, 5.41) is 19.0. The minimum absolute atomic E-state index is 0.0173. The minimum Gasteiger partial charge on any atom is -0.372 e. The van der Waals surface area contributed by atoms with Gasteiger partial charge in [-0.15, -0.1) is 0 Å². The first-order chi connectivity index (χ1) is 15.6. The first kappa shape index (κ1) is 24.4. The molecule has 0 N–H and O–H groups in total. The van der Waals surface area contributed by atoms with Crippen LogP contribution in [-0.2, 0) is 0 Å². The number of benzene rings is 2. The molecule has 0 aliphatic carbocycles. The number of hydrogen-bond donors (Lipinski definition) is 0. The standard InChI is InChI=1S/C26H30N6/c1-5-31(6-2)23-13-9-21(10-14-23)19-29-25(17-27)26(18-28)30-20-22-11-15-24(16-12-22)32(7-3)8-4/h9-16,19-20H,5-8H2,1-4H3/b26-25-,29-19?,30-20?. The van der Waals surface area contributed by atoms with Crippen LogP contribution in [0, 0.1) is 22.7 Å². The second-order valence-corrected chi connectivity index (χ2v) is 6.96. The lowest BCUT2D eigenvalue weighted by atomic mass is 10.2. The molecule has 0 aliphatic heterocycles. The summed E-state index contributed by atoms with van der Waals surface area (Å²) in [4.78, 5) is 12.9. The quantitative estimate of drug-likeness (QED) is 0.387. The van der Waals surface area contributed by atoms with Gasteiger partial charge in [-0.3, -0.25) is 0 Å². The molecular formula is C26H30N6. The number of rotatable bonds is 10. The summed E-state index contributed by atoms with van der Waals surface area (Å²) < 4.78 is 0. The molecule has 2 aromatic rings. The Balaban J connectivity index is 2.19. The molecule has 0 saturated heterocycles. The Morgan fingerprint density at radius 1 is 0.656 bits per heavy atom. The van der Waals surface area contributed by atoms with Crippen molar-refractivity contribution in [2.75, 3.05) is 36.0 Å². The average Bonchev–Trinajstić information content (AvgIpc) is 2.84. The highest BCUT2D eigenvalue weighted by Gasteiger charge is 2.05.